The number of thiazole rings is 1. The van der Waals surface area contributed by atoms with Gasteiger partial charge in [0.05, 0.1) is 11.4 Å². The summed E-state index contributed by atoms with van der Waals surface area (Å²) in [5.41, 5.74) is 1.37. The highest BCUT2D eigenvalue weighted by Gasteiger charge is 2.19. The van der Waals surface area contributed by atoms with E-state index in [2.05, 4.69) is 10.1 Å². The molecule has 0 bridgehead atoms. The van der Waals surface area contributed by atoms with Crippen LogP contribution in [0.1, 0.15) is 21.7 Å². The van der Waals surface area contributed by atoms with Crippen LogP contribution < -0.4 is 0 Å². The van der Waals surface area contributed by atoms with E-state index in [-0.39, 0.29) is 5.56 Å². The number of rotatable bonds is 2. The molecule has 0 aromatic carbocycles. The van der Waals surface area contributed by atoms with Crippen LogP contribution in [0, 0.1) is 13.8 Å². The van der Waals surface area contributed by atoms with Crippen molar-refractivity contribution in [2.45, 2.75) is 13.8 Å². The van der Waals surface area contributed by atoms with Gasteiger partial charge in [-0.25, -0.2) is 14.5 Å². The fourth-order valence-corrected chi connectivity index (χ4v) is 2.10. The Bertz CT molecular complexity index is 502. The lowest BCUT2D eigenvalue weighted by Crippen LogP contribution is -2.02. The van der Waals surface area contributed by atoms with Gasteiger partial charge in [-0.2, -0.15) is 5.10 Å². The molecule has 0 aliphatic heterocycles. The monoisotopic (exact) mass is 223 g/mol. The van der Waals surface area contributed by atoms with Crippen LogP contribution in [0.25, 0.3) is 5.13 Å². The van der Waals surface area contributed by atoms with Crippen molar-refractivity contribution < 1.29 is 9.90 Å². The van der Waals surface area contributed by atoms with Crippen LogP contribution in [0.5, 0.6) is 0 Å². The molecule has 0 aliphatic carbocycles. The van der Waals surface area contributed by atoms with Gasteiger partial charge in [-0.15, -0.1) is 11.3 Å². The number of aromatic carboxylic acids is 1. The van der Waals surface area contributed by atoms with Gasteiger partial charge in [-0.05, 0) is 13.8 Å². The largest absolute Gasteiger partial charge is 0.478 e. The van der Waals surface area contributed by atoms with E-state index in [0.717, 1.165) is 0 Å². The van der Waals surface area contributed by atoms with E-state index < -0.39 is 5.97 Å². The molecule has 78 valence electrons. The van der Waals surface area contributed by atoms with Crippen molar-refractivity contribution in [3.8, 4) is 5.13 Å². The Morgan fingerprint density at radius 1 is 1.53 bits per heavy atom. The predicted molar refractivity (Wildman–Crippen MR) is 55.7 cm³/mol. The van der Waals surface area contributed by atoms with E-state index in [9.17, 15) is 4.79 Å². The molecule has 0 saturated carbocycles. The third-order valence-electron chi connectivity index (χ3n) is 2.11. The number of aromatic nitrogens is 3. The van der Waals surface area contributed by atoms with Crippen molar-refractivity contribution in [1.82, 2.24) is 14.8 Å². The molecule has 15 heavy (non-hydrogen) atoms. The Balaban J connectivity index is 2.61. The average Bonchev–Trinajstić information content (AvgIpc) is 2.72. The lowest BCUT2D eigenvalue weighted by molar-refractivity contribution is 0.0695. The van der Waals surface area contributed by atoms with Crippen LogP contribution in [-0.4, -0.2) is 25.8 Å². The number of aryl methyl sites for hydroxylation is 1. The number of nitrogens with zero attached hydrogens (tertiary/aromatic N) is 3. The minimum atomic E-state index is -0.951. The molecule has 0 saturated heterocycles. The summed E-state index contributed by atoms with van der Waals surface area (Å²) in [6.45, 7) is 3.41. The van der Waals surface area contributed by atoms with Crippen LogP contribution in [-0.2, 0) is 0 Å². The SMILES string of the molecule is Cc1nn(-c2nccs2)c(C)c1C(=O)O. The Morgan fingerprint density at radius 2 is 2.27 bits per heavy atom. The van der Waals surface area contributed by atoms with E-state index in [4.69, 9.17) is 5.11 Å². The van der Waals surface area contributed by atoms with Crippen LogP contribution in [0.15, 0.2) is 11.6 Å². The van der Waals surface area contributed by atoms with E-state index in [1.165, 1.54) is 11.3 Å². The quantitative estimate of drug-likeness (QED) is 0.840. The second-order valence-electron chi connectivity index (χ2n) is 3.08. The summed E-state index contributed by atoms with van der Waals surface area (Å²) < 4.78 is 1.56. The van der Waals surface area contributed by atoms with Crippen molar-refractivity contribution in [1.29, 1.82) is 0 Å². The second kappa shape index (κ2) is 3.47. The zero-order chi connectivity index (χ0) is 11.0. The lowest BCUT2D eigenvalue weighted by atomic mass is 10.2. The van der Waals surface area contributed by atoms with E-state index in [1.807, 2.05) is 5.38 Å². The molecule has 0 atom stereocenters. The summed E-state index contributed by atoms with van der Waals surface area (Å²) in [5.74, 6) is -0.951. The number of carbonyl (C=O) groups is 1. The van der Waals surface area contributed by atoms with Crippen LogP contribution in [0.4, 0.5) is 0 Å². The van der Waals surface area contributed by atoms with Crippen molar-refractivity contribution >= 4 is 17.3 Å². The molecule has 0 amide bonds. The summed E-state index contributed by atoms with van der Waals surface area (Å²) in [6, 6.07) is 0. The Hall–Kier alpha value is -1.69. The van der Waals surface area contributed by atoms with Crippen molar-refractivity contribution in [3.63, 3.8) is 0 Å². The fourth-order valence-electron chi connectivity index (χ4n) is 1.46. The molecular weight excluding hydrogens is 214 g/mol. The van der Waals surface area contributed by atoms with Gasteiger partial charge in [-0.3, -0.25) is 0 Å². The molecule has 1 N–H and O–H groups in total. The van der Waals surface area contributed by atoms with Gasteiger partial charge < -0.3 is 5.11 Å². The maximum Gasteiger partial charge on any atom is 0.339 e. The first-order valence-electron chi connectivity index (χ1n) is 4.30. The highest BCUT2D eigenvalue weighted by Crippen LogP contribution is 2.18. The maximum absolute atomic E-state index is 11.0. The Labute approximate surface area is 90.0 Å². The lowest BCUT2D eigenvalue weighted by Gasteiger charge is -1.97. The summed E-state index contributed by atoms with van der Waals surface area (Å²) in [7, 11) is 0. The summed E-state index contributed by atoms with van der Waals surface area (Å²) in [4.78, 5) is 15.0. The topological polar surface area (TPSA) is 68.0 Å². The number of hydrogen-bond acceptors (Lipinski definition) is 4. The van der Waals surface area contributed by atoms with E-state index >= 15 is 0 Å². The van der Waals surface area contributed by atoms with E-state index in [0.29, 0.717) is 16.5 Å². The number of carboxylic acids is 1. The molecule has 0 aliphatic rings. The van der Waals surface area contributed by atoms with Crippen LogP contribution in [0.2, 0.25) is 0 Å². The molecule has 2 rings (SSSR count). The first kappa shape index (κ1) is 9.85. The molecule has 0 unspecified atom stereocenters. The fraction of sp³-hybridized carbons (Fsp3) is 0.222. The number of hydrogen-bond donors (Lipinski definition) is 1. The predicted octanol–water partition coefficient (Wildman–Crippen LogP) is 1.64. The smallest absolute Gasteiger partial charge is 0.339 e. The Morgan fingerprint density at radius 3 is 2.73 bits per heavy atom. The molecule has 0 radical (unpaired) electrons. The van der Waals surface area contributed by atoms with Gasteiger partial charge in [-0.1, -0.05) is 0 Å². The first-order valence-corrected chi connectivity index (χ1v) is 5.18. The molecule has 0 spiro atoms. The molecule has 2 aromatic rings. The zero-order valence-electron chi connectivity index (χ0n) is 8.26. The van der Waals surface area contributed by atoms with Crippen molar-refractivity contribution in [2.24, 2.45) is 0 Å². The van der Waals surface area contributed by atoms with E-state index in [1.54, 1.807) is 24.7 Å². The third kappa shape index (κ3) is 1.52. The molecule has 5 nitrogen and oxygen atoms in total. The summed E-state index contributed by atoms with van der Waals surface area (Å²) in [5, 5.41) is 15.7. The van der Waals surface area contributed by atoms with Gasteiger partial charge in [0.25, 0.3) is 0 Å². The van der Waals surface area contributed by atoms with Gasteiger partial charge in [0.15, 0.2) is 0 Å². The minimum Gasteiger partial charge on any atom is -0.478 e. The molecular formula is C9H9N3O2S. The third-order valence-corrected chi connectivity index (χ3v) is 2.85. The second-order valence-corrected chi connectivity index (χ2v) is 3.95. The maximum atomic E-state index is 11.0. The first-order chi connectivity index (χ1) is 7.11. The molecule has 2 aromatic heterocycles. The molecule has 6 heteroatoms. The van der Waals surface area contributed by atoms with Gasteiger partial charge >= 0.3 is 5.97 Å². The normalized spacial score (nSPS) is 10.5. The highest BCUT2D eigenvalue weighted by molar-refractivity contribution is 7.12. The van der Waals surface area contributed by atoms with Crippen LogP contribution >= 0.6 is 11.3 Å². The number of carboxylic acid groups (broad SMARTS) is 1. The van der Waals surface area contributed by atoms with Gasteiger partial charge in [0, 0.05) is 11.6 Å². The average molecular weight is 223 g/mol. The standard InChI is InChI=1S/C9H9N3O2S/c1-5-7(8(13)14)6(2)12(11-5)9-10-3-4-15-9/h3-4H,1-2H3,(H,13,14). The van der Waals surface area contributed by atoms with Crippen molar-refractivity contribution in [2.75, 3.05) is 0 Å². The Kier molecular flexibility index (Phi) is 2.28. The van der Waals surface area contributed by atoms with Crippen molar-refractivity contribution in [3.05, 3.63) is 28.5 Å². The molecule has 2 heterocycles. The summed E-state index contributed by atoms with van der Waals surface area (Å²) >= 11 is 1.42. The van der Waals surface area contributed by atoms with Gasteiger partial charge in [0.2, 0.25) is 5.13 Å². The van der Waals surface area contributed by atoms with Gasteiger partial charge in [0.1, 0.15) is 5.56 Å². The van der Waals surface area contributed by atoms with Crippen LogP contribution in [0.3, 0.4) is 0 Å². The highest BCUT2D eigenvalue weighted by atomic mass is 32.1. The molecule has 0 fully saturated rings. The summed E-state index contributed by atoms with van der Waals surface area (Å²) in [6.07, 6.45) is 1.66. The zero-order valence-corrected chi connectivity index (χ0v) is 9.08. The minimum absolute atomic E-state index is 0.255.